The van der Waals surface area contributed by atoms with E-state index < -0.39 is 0 Å². The van der Waals surface area contributed by atoms with Crippen LogP contribution in [-0.4, -0.2) is 11.7 Å². The van der Waals surface area contributed by atoms with Crippen LogP contribution >= 0.6 is 0 Å². The lowest BCUT2D eigenvalue weighted by atomic mass is 9.88. The van der Waals surface area contributed by atoms with Crippen LogP contribution in [0.5, 0.6) is 0 Å². The number of nitrogens with zero attached hydrogens (tertiary/aromatic N) is 2. The van der Waals surface area contributed by atoms with Crippen molar-refractivity contribution in [2.24, 2.45) is 15.7 Å². The highest BCUT2D eigenvalue weighted by atomic mass is 16.3. The van der Waals surface area contributed by atoms with Crippen LogP contribution in [0.15, 0.2) is 182 Å². The molecule has 2 heterocycles. The highest BCUT2D eigenvalue weighted by Gasteiger charge is 2.19. The zero-order chi connectivity index (χ0) is 37.2. The number of rotatable bonds is 5. The summed E-state index contributed by atoms with van der Waals surface area (Å²) in [6.07, 6.45) is 3.92. The number of fused-ring (bicyclic) bond motifs is 11. The lowest BCUT2D eigenvalue weighted by Crippen LogP contribution is -2.20. The maximum atomic E-state index is 6.82. The molecule has 0 radical (unpaired) electrons. The third kappa shape index (κ3) is 5.31. The maximum absolute atomic E-state index is 6.82. The average molecular weight is 722 g/mol. The minimum absolute atomic E-state index is 0.400. The van der Waals surface area contributed by atoms with Crippen LogP contribution in [0.2, 0.25) is 0 Å². The maximum Gasteiger partial charge on any atom is 0.157 e. The quantitative estimate of drug-likeness (QED) is 0.142. The molecule has 10 aromatic rings. The first-order valence-corrected chi connectivity index (χ1v) is 19.1. The van der Waals surface area contributed by atoms with Gasteiger partial charge in [-0.05, 0) is 92.6 Å². The van der Waals surface area contributed by atoms with Crippen LogP contribution in [0.1, 0.15) is 28.7 Å². The van der Waals surface area contributed by atoms with Gasteiger partial charge in [0.05, 0.1) is 6.54 Å². The zero-order valence-corrected chi connectivity index (χ0v) is 30.5. The predicted molar refractivity (Wildman–Crippen MR) is 232 cm³/mol. The summed E-state index contributed by atoms with van der Waals surface area (Å²) >= 11 is 0. The van der Waals surface area contributed by atoms with Crippen molar-refractivity contribution in [1.82, 2.24) is 0 Å². The first kappa shape index (κ1) is 32.2. The Morgan fingerprint density at radius 1 is 0.571 bits per heavy atom. The van der Waals surface area contributed by atoms with Crippen LogP contribution in [0, 0.1) is 0 Å². The molecule has 5 nitrogen and oxygen atoms in total. The van der Waals surface area contributed by atoms with E-state index in [1.807, 2.05) is 42.5 Å². The van der Waals surface area contributed by atoms with Crippen LogP contribution in [0.4, 0.5) is 0 Å². The number of para-hydroxylation sites is 1. The Balaban J connectivity index is 0.993. The molecule has 0 saturated carbocycles. The van der Waals surface area contributed by atoms with Crippen molar-refractivity contribution in [3.63, 3.8) is 0 Å². The second kappa shape index (κ2) is 13.0. The predicted octanol–water partition coefficient (Wildman–Crippen LogP) is 12.8. The standard InChI is InChI=1S/C51H35N3O2/c52-50(36-22-25-39-34(28-36)21-20-31-10-4-6-15-38(31)39)54-51(33-12-2-1-3-13-33)53-30-37-14-8-19-45-47(37)43-29-35(24-26-44(43)55-45)41-17-9-18-42-48-40-16-7-5-11-32(40)23-27-46(48)56-49(41)42/h1-21,23-24,26-29H,22,25,30H2,(H2,52,53,54). The number of aryl methyl sites for hydroxylation is 1. The Bertz CT molecular complexity index is 3290. The molecule has 2 aromatic heterocycles. The van der Waals surface area contributed by atoms with Crippen molar-refractivity contribution in [3.05, 3.63) is 186 Å². The Kier molecular flexibility index (Phi) is 7.46. The van der Waals surface area contributed by atoms with Crippen molar-refractivity contribution < 1.29 is 8.83 Å². The molecule has 2 N–H and O–H groups in total. The molecule has 0 aliphatic heterocycles. The van der Waals surface area contributed by atoms with Gasteiger partial charge in [-0.3, -0.25) is 4.99 Å². The smallest absolute Gasteiger partial charge is 0.157 e. The number of aliphatic imine (C=N–C) groups is 2. The second-order valence-corrected chi connectivity index (χ2v) is 14.6. The number of hydrogen-bond donors (Lipinski definition) is 1. The molecular weight excluding hydrogens is 687 g/mol. The van der Waals surface area contributed by atoms with E-state index in [1.165, 1.54) is 32.7 Å². The van der Waals surface area contributed by atoms with Gasteiger partial charge in [0, 0.05) is 32.7 Å². The van der Waals surface area contributed by atoms with Crippen molar-refractivity contribution in [2.45, 2.75) is 19.4 Å². The van der Waals surface area contributed by atoms with Gasteiger partial charge in [0.2, 0.25) is 0 Å². The molecule has 5 heteroatoms. The molecule has 0 unspecified atom stereocenters. The Morgan fingerprint density at radius 2 is 1.30 bits per heavy atom. The third-order valence-corrected chi connectivity index (χ3v) is 11.3. The zero-order valence-electron chi connectivity index (χ0n) is 30.5. The van der Waals surface area contributed by atoms with Crippen LogP contribution in [0.3, 0.4) is 0 Å². The molecule has 56 heavy (non-hydrogen) atoms. The molecule has 266 valence electrons. The Hall–Kier alpha value is -7.24. The van der Waals surface area contributed by atoms with Gasteiger partial charge in [-0.25, -0.2) is 4.99 Å². The van der Waals surface area contributed by atoms with E-state index in [4.69, 9.17) is 24.6 Å². The van der Waals surface area contributed by atoms with Crippen molar-refractivity contribution in [3.8, 4) is 11.1 Å². The van der Waals surface area contributed by atoms with Gasteiger partial charge in [-0.2, -0.15) is 0 Å². The summed E-state index contributed by atoms with van der Waals surface area (Å²) in [5, 5.41) is 9.28. The largest absolute Gasteiger partial charge is 0.456 e. The molecule has 11 rings (SSSR count). The third-order valence-electron chi connectivity index (χ3n) is 11.3. The van der Waals surface area contributed by atoms with Crippen LogP contribution in [-0.2, 0) is 13.0 Å². The molecule has 0 atom stereocenters. The van der Waals surface area contributed by atoms with Gasteiger partial charge < -0.3 is 14.6 Å². The number of hydrogen-bond acceptors (Lipinski definition) is 3. The van der Waals surface area contributed by atoms with Crippen molar-refractivity contribution >= 4 is 83.2 Å². The van der Waals surface area contributed by atoms with Crippen molar-refractivity contribution in [1.29, 1.82) is 0 Å². The molecule has 8 aromatic carbocycles. The topological polar surface area (TPSA) is 77.0 Å². The number of benzene rings is 8. The van der Waals surface area contributed by atoms with Crippen LogP contribution in [0.25, 0.3) is 82.6 Å². The summed E-state index contributed by atoms with van der Waals surface area (Å²) < 4.78 is 13.0. The van der Waals surface area contributed by atoms with Gasteiger partial charge in [-0.1, -0.05) is 133 Å². The normalized spacial score (nSPS) is 13.7. The Labute approximate surface area is 322 Å². The molecule has 0 fully saturated rings. The highest BCUT2D eigenvalue weighted by Crippen LogP contribution is 2.41. The van der Waals surface area contributed by atoms with E-state index in [0.29, 0.717) is 18.2 Å². The van der Waals surface area contributed by atoms with Gasteiger partial charge in [0.25, 0.3) is 0 Å². The van der Waals surface area contributed by atoms with Crippen LogP contribution < -0.4 is 5.73 Å². The molecule has 1 aliphatic carbocycles. The van der Waals surface area contributed by atoms with Gasteiger partial charge in [0.15, 0.2) is 5.84 Å². The van der Waals surface area contributed by atoms with E-state index in [2.05, 4.69) is 121 Å². The highest BCUT2D eigenvalue weighted by molar-refractivity contribution is 6.21. The van der Waals surface area contributed by atoms with Gasteiger partial charge in [-0.15, -0.1) is 0 Å². The van der Waals surface area contributed by atoms with E-state index in [1.54, 1.807) is 0 Å². The monoisotopic (exact) mass is 721 g/mol. The second-order valence-electron chi connectivity index (χ2n) is 14.6. The molecule has 0 saturated heterocycles. The fourth-order valence-corrected chi connectivity index (χ4v) is 8.61. The van der Waals surface area contributed by atoms with E-state index in [-0.39, 0.29) is 0 Å². The first-order valence-electron chi connectivity index (χ1n) is 19.1. The summed E-state index contributed by atoms with van der Waals surface area (Å²) in [6, 6.07) is 54.7. The van der Waals surface area contributed by atoms with E-state index in [0.717, 1.165) is 84.5 Å². The minimum atomic E-state index is 0.400. The fraction of sp³-hybridized carbons (Fsp3) is 0.0588. The summed E-state index contributed by atoms with van der Waals surface area (Å²) in [6.45, 7) is 0.400. The molecule has 0 bridgehead atoms. The fourth-order valence-electron chi connectivity index (χ4n) is 8.61. The van der Waals surface area contributed by atoms with Gasteiger partial charge in [0.1, 0.15) is 28.2 Å². The number of furan rings is 2. The van der Waals surface area contributed by atoms with E-state index in [9.17, 15) is 0 Å². The summed E-state index contributed by atoms with van der Waals surface area (Å²) in [5.74, 6) is 1.10. The number of nitrogens with two attached hydrogens (primary N) is 1. The summed E-state index contributed by atoms with van der Waals surface area (Å²) in [7, 11) is 0. The molecular formula is C51H35N3O2. The lowest BCUT2D eigenvalue weighted by molar-refractivity contribution is 0.668. The van der Waals surface area contributed by atoms with E-state index >= 15 is 0 Å². The molecule has 0 spiro atoms. The molecule has 1 aliphatic rings. The SMILES string of the molecule is NC(=NC(=NCc1cccc2oc3ccc(-c4cccc5c4oc4ccc6ccccc6c45)cc3c12)c1ccccc1)C1=Cc2ccc3ccccc3c2CC1. The molecule has 0 amide bonds. The lowest BCUT2D eigenvalue weighted by Gasteiger charge is -2.18. The number of amidine groups is 2. The Morgan fingerprint density at radius 3 is 2.20 bits per heavy atom. The summed E-state index contributed by atoms with van der Waals surface area (Å²) in [5.41, 5.74) is 17.9. The minimum Gasteiger partial charge on any atom is -0.456 e. The van der Waals surface area contributed by atoms with Crippen molar-refractivity contribution in [2.75, 3.05) is 0 Å². The average Bonchev–Trinajstić information content (AvgIpc) is 3.84. The first-order chi connectivity index (χ1) is 27.7. The summed E-state index contributed by atoms with van der Waals surface area (Å²) in [4.78, 5) is 10.2. The van der Waals surface area contributed by atoms with Gasteiger partial charge >= 0.3 is 0 Å².